The Kier molecular flexibility index (Phi) is 4.36. The molecule has 0 aromatic heterocycles. The van der Waals surface area contributed by atoms with Crippen LogP contribution in [0.15, 0.2) is 0 Å². The second kappa shape index (κ2) is 6.01. The number of nitrogens with one attached hydrogen (secondary N) is 1. The summed E-state index contributed by atoms with van der Waals surface area (Å²) in [7, 11) is 0. The van der Waals surface area contributed by atoms with Gasteiger partial charge in [-0.25, -0.2) is 5.84 Å². The lowest BCUT2D eigenvalue weighted by atomic mass is 9.98. The standard InChI is InChI=1S/C12H20N4O3/c13-14-10(17)5-3-6-15-8-11(18)16-7-2-1-4-9(16)12(15)19/h9H,1-8,13H2,(H,14,17). The van der Waals surface area contributed by atoms with Gasteiger partial charge in [0.15, 0.2) is 0 Å². The van der Waals surface area contributed by atoms with Gasteiger partial charge in [-0.1, -0.05) is 0 Å². The number of hydrogen-bond donors (Lipinski definition) is 2. The minimum Gasteiger partial charge on any atom is -0.332 e. The van der Waals surface area contributed by atoms with E-state index in [0.717, 1.165) is 19.3 Å². The molecular formula is C12H20N4O3. The number of piperazine rings is 1. The fourth-order valence-corrected chi connectivity index (χ4v) is 2.72. The van der Waals surface area contributed by atoms with Crippen LogP contribution in [-0.2, 0) is 14.4 Å². The molecule has 2 aliphatic rings. The van der Waals surface area contributed by atoms with Crippen LogP contribution in [0.5, 0.6) is 0 Å². The van der Waals surface area contributed by atoms with Crippen molar-refractivity contribution in [2.24, 2.45) is 5.84 Å². The zero-order valence-electron chi connectivity index (χ0n) is 10.9. The molecule has 2 aliphatic heterocycles. The molecule has 1 atom stereocenters. The largest absolute Gasteiger partial charge is 0.332 e. The van der Waals surface area contributed by atoms with Crippen LogP contribution in [0.4, 0.5) is 0 Å². The highest BCUT2D eigenvalue weighted by Gasteiger charge is 2.39. The smallest absolute Gasteiger partial charge is 0.245 e. The zero-order chi connectivity index (χ0) is 13.8. The summed E-state index contributed by atoms with van der Waals surface area (Å²) in [5, 5.41) is 0. The summed E-state index contributed by atoms with van der Waals surface area (Å²) in [4.78, 5) is 38.5. The number of fused-ring (bicyclic) bond motifs is 1. The van der Waals surface area contributed by atoms with Crippen molar-refractivity contribution in [2.75, 3.05) is 19.6 Å². The fourth-order valence-electron chi connectivity index (χ4n) is 2.72. The fraction of sp³-hybridized carbons (Fsp3) is 0.750. The molecule has 1 unspecified atom stereocenters. The Morgan fingerprint density at radius 1 is 1.37 bits per heavy atom. The molecule has 7 heteroatoms. The van der Waals surface area contributed by atoms with E-state index in [4.69, 9.17) is 5.84 Å². The first-order valence-electron chi connectivity index (χ1n) is 6.71. The molecule has 0 bridgehead atoms. The van der Waals surface area contributed by atoms with Gasteiger partial charge in [-0.3, -0.25) is 19.8 Å². The Morgan fingerprint density at radius 3 is 2.89 bits per heavy atom. The highest BCUT2D eigenvalue weighted by molar-refractivity contribution is 5.95. The molecule has 2 heterocycles. The summed E-state index contributed by atoms with van der Waals surface area (Å²) >= 11 is 0. The first kappa shape index (κ1) is 13.8. The summed E-state index contributed by atoms with van der Waals surface area (Å²) < 4.78 is 0. The topological polar surface area (TPSA) is 95.7 Å². The molecule has 2 fully saturated rings. The highest BCUT2D eigenvalue weighted by Crippen LogP contribution is 2.23. The monoisotopic (exact) mass is 268 g/mol. The van der Waals surface area contributed by atoms with E-state index in [2.05, 4.69) is 5.43 Å². The maximum absolute atomic E-state index is 12.3. The molecule has 2 saturated heterocycles. The van der Waals surface area contributed by atoms with Crippen molar-refractivity contribution in [1.82, 2.24) is 15.2 Å². The molecule has 0 saturated carbocycles. The molecule has 0 aliphatic carbocycles. The molecule has 106 valence electrons. The van der Waals surface area contributed by atoms with Crippen LogP contribution >= 0.6 is 0 Å². The number of carbonyl (C=O) groups is 3. The van der Waals surface area contributed by atoms with Gasteiger partial charge in [-0.05, 0) is 25.7 Å². The van der Waals surface area contributed by atoms with E-state index in [-0.39, 0.29) is 36.7 Å². The third-order valence-corrected chi connectivity index (χ3v) is 3.74. The van der Waals surface area contributed by atoms with Crippen LogP contribution < -0.4 is 11.3 Å². The third kappa shape index (κ3) is 3.04. The summed E-state index contributed by atoms with van der Waals surface area (Å²) in [5.74, 6) is 4.77. The maximum Gasteiger partial charge on any atom is 0.245 e. The van der Waals surface area contributed by atoms with Crippen LogP contribution in [0, 0.1) is 0 Å². The van der Waals surface area contributed by atoms with Crippen molar-refractivity contribution in [3.8, 4) is 0 Å². The summed E-state index contributed by atoms with van der Waals surface area (Å²) in [6, 6.07) is -0.279. The van der Waals surface area contributed by atoms with Crippen molar-refractivity contribution in [1.29, 1.82) is 0 Å². The molecule has 19 heavy (non-hydrogen) atoms. The molecule has 0 aromatic rings. The number of hydrazine groups is 1. The van der Waals surface area contributed by atoms with E-state index in [9.17, 15) is 14.4 Å². The minimum atomic E-state index is -0.279. The number of nitrogens with two attached hydrogens (primary N) is 1. The molecule has 3 amide bonds. The van der Waals surface area contributed by atoms with Crippen LogP contribution in [0.2, 0.25) is 0 Å². The van der Waals surface area contributed by atoms with Gasteiger partial charge in [-0.2, -0.15) is 0 Å². The van der Waals surface area contributed by atoms with Gasteiger partial charge in [0, 0.05) is 19.5 Å². The van der Waals surface area contributed by atoms with Gasteiger partial charge in [0.05, 0.1) is 6.54 Å². The second-order valence-corrected chi connectivity index (χ2v) is 5.03. The highest BCUT2D eigenvalue weighted by atomic mass is 16.2. The van der Waals surface area contributed by atoms with Crippen LogP contribution in [-0.4, -0.2) is 53.2 Å². The van der Waals surface area contributed by atoms with Crippen molar-refractivity contribution in [3.05, 3.63) is 0 Å². The number of piperidine rings is 1. The lowest BCUT2D eigenvalue weighted by molar-refractivity contribution is -0.157. The van der Waals surface area contributed by atoms with Gasteiger partial charge >= 0.3 is 0 Å². The number of nitrogens with zero attached hydrogens (tertiary/aromatic N) is 2. The van der Waals surface area contributed by atoms with Gasteiger partial charge < -0.3 is 9.80 Å². The zero-order valence-corrected chi connectivity index (χ0v) is 10.9. The lowest BCUT2D eigenvalue weighted by Gasteiger charge is -2.42. The predicted molar refractivity (Wildman–Crippen MR) is 67.5 cm³/mol. The van der Waals surface area contributed by atoms with Gasteiger partial charge in [0.25, 0.3) is 0 Å². The maximum atomic E-state index is 12.3. The molecule has 0 radical (unpaired) electrons. The molecule has 3 N–H and O–H groups in total. The molecule has 0 aromatic carbocycles. The molecular weight excluding hydrogens is 248 g/mol. The number of hydrogen-bond acceptors (Lipinski definition) is 4. The Morgan fingerprint density at radius 2 is 2.16 bits per heavy atom. The van der Waals surface area contributed by atoms with E-state index in [1.165, 1.54) is 0 Å². The van der Waals surface area contributed by atoms with Crippen LogP contribution in [0.1, 0.15) is 32.1 Å². The van der Waals surface area contributed by atoms with Gasteiger partial charge in [0.2, 0.25) is 17.7 Å². The average Bonchev–Trinajstić information content (AvgIpc) is 2.44. The average molecular weight is 268 g/mol. The quantitative estimate of drug-likeness (QED) is 0.387. The normalized spacial score (nSPS) is 23.3. The minimum absolute atomic E-state index is 0.0208. The summed E-state index contributed by atoms with van der Waals surface area (Å²) in [6.45, 7) is 1.26. The van der Waals surface area contributed by atoms with Crippen LogP contribution in [0.3, 0.4) is 0 Å². The summed E-state index contributed by atoms with van der Waals surface area (Å²) in [5.41, 5.74) is 2.05. The Labute approximate surface area is 112 Å². The van der Waals surface area contributed by atoms with E-state index in [1.54, 1.807) is 9.80 Å². The summed E-state index contributed by atoms with van der Waals surface area (Å²) in [6.07, 6.45) is 3.51. The second-order valence-electron chi connectivity index (χ2n) is 5.03. The first-order chi connectivity index (χ1) is 9.13. The van der Waals surface area contributed by atoms with E-state index in [1.807, 2.05) is 0 Å². The SMILES string of the molecule is NNC(=O)CCCN1CC(=O)N2CCCCC2C1=O. The van der Waals surface area contributed by atoms with Crippen molar-refractivity contribution in [3.63, 3.8) is 0 Å². The Hall–Kier alpha value is -1.63. The first-order valence-corrected chi connectivity index (χ1v) is 6.71. The third-order valence-electron chi connectivity index (χ3n) is 3.74. The van der Waals surface area contributed by atoms with E-state index < -0.39 is 0 Å². The Balaban J connectivity index is 1.89. The van der Waals surface area contributed by atoms with Gasteiger partial charge in [-0.15, -0.1) is 0 Å². The van der Waals surface area contributed by atoms with Gasteiger partial charge in [0.1, 0.15) is 6.04 Å². The van der Waals surface area contributed by atoms with E-state index in [0.29, 0.717) is 19.5 Å². The Bertz CT molecular complexity index is 385. The van der Waals surface area contributed by atoms with E-state index >= 15 is 0 Å². The lowest BCUT2D eigenvalue weighted by Crippen LogP contribution is -2.61. The molecule has 7 nitrogen and oxygen atoms in total. The number of rotatable bonds is 4. The molecule has 0 spiro atoms. The number of amides is 3. The predicted octanol–water partition coefficient (Wildman–Crippen LogP) is -1.02. The molecule has 2 rings (SSSR count). The number of carbonyl (C=O) groups excluding carboxylic acids is 3. The van der Waals surface area contributed by atoms with Crippen LogP contribution in [0.25, 0.3) is 0 Å². The van der Waals surface area contributed by atoms with Crippen molar-refractivity contribution < 1.29 is 14.4 Å². The van der Waals surface area contributed by atoms with Crippen molar-refractivity contribution in [2.45, 2.75) is 38.1 Å². The van der Waals surface area contributed by atoms with Crippen molar-refractivity contribution >= 4 is 17.7 Å².